The highest BCUT2D eigenvalue weighted by Gasteiger charge is 2.05. The molecule has 0 saturated heterocycles. The first kappa shape index (κ1) is 10.2. The van der Waals surface area contributed by atoms with Gasteiger partial charge in [-0.2, -0.15) is 10.2 Å². The van der Waals surface area contributed by atoms with Crippen molar-refractivity contribution in [3.63, 3.8) is 0 Å². The maximum Gasteiger partial charge on any atom is 0.252 e. The van der Waals surface area contributed by atoms with Gasteiger partial charge in [-0.1, -0.05) is 11.6 Å². The Balaban J connectivity index is 3.18. The number of hydrogen-bond donors (Lipinski definition) is 0. The van der Waals surface area contributed by atoms with Crippen LogP contribution in [0.2, 0.25) is 5.02 Å². The minimum atomic E-state index is -0.538. The highest BCUT2D eigenvalue weighted by Crippen LogP contribution is 2.26. The van der Waals surface area contributed by atoms with Gasteiger partial charge in [0.25, 0.3) is 5.24 Å². The molecule has 0 radical (unpaired) electrons. The molecule has 1 aromatic rings. The molecule has 0 spiro atoms. The molecule has 0 amide bonds. The number of benzene rings is 1. The molecule has 0 saturated carbocycles. The molecule has 0 aliphatic carbocycles. The summed E-state index contributed by atoms with van der Waals surface area (Å²) in [5.41, 5.74) is 0.795. The molecule has 68 valence electrons. The topological polar surface area (TPSA) is 41.8 Å². The Morgan fingerprint density at radius 1 is 1.46 bits per heavy atom. The molecule has 0 bridgehead atoms. The second-order valence-corrected chi connectivity index (χ2v) is 2.99. The third kappa shape index (κ3) is 2.50. The summed E-state index contributed by atoms with van der Waals surface area (Å²) in [7, 11) is 1.52. The number of carbonyl (C=O) groups excluding carboxylic acids is 1. The van der Waals surface area contributed by atoms with Crippen LogP contribution in [-0.4, -0.2) is 12.3 Å². The van der Waals surface area contributed by atoms with Crippen LogP contribution in [0.25, 0.3) is 0 Å². The molecule has 13 heavy (non-hydrogen) atoms. The molecule has 0 unspecified atom stereocenters. The van der Waals surface area contributed by atoms with Gasteiger partial charge in [-0.05, 0) is 29.8 Å². The smallest absolute Gasteiger partial charge is 0.252 e. The van der Waals surface area contributed by atoms with Crippen LogP contribution in [0.3, 0.4) is 0 Å². The first-order chi connectivity index (χ1) is 6.15. The predicted octanol–water partition coefficient (Wildman–Crippen LogP) is 3.43. The fraction of sp³-hybridized carbons (Fsp3) is 0.125. The van der Waals surface area contributed by atoms with Gasteiger partial charge < -0.3 is 0 Å². The molecular weight excluding hydrogens is 211 g/mol. The lowest BCUT2D eigenvalue weighted by Crippen LogP contribution is -1.86. The van der Waals surface area contributed by atoms with E-state index in [-0.39, 0.29) is 0 Å². The van der Waals surface area contributed by atoms with E-state index in [9.17, 15) is 4.79 Å². The molecule has 0 aliphatic heterocycles. The van der Waals surface area contributed by atoms with Crippen molar-refractivity contribution in [2.24, 2.45) is 10.2 Å². The normalized spacial score (nSPS) is 10.7. The Bertz CT molecular complexity index is 363. The molecule has 1 aromatic carbocycles. The van der Waals surface area contributed by atoms with E-state index < -0.39 is 5.24 Å². The fourth-order valence-corrected chi connectivity index (χ4v) is 1.09. The summed E-state index contributed by atoms with van der Waals surface area (Å²) < 4.78 is 0. The summed E-state index contributed by atoms with van der Waals surface area (Å²) in [4.78, 5) is 10.8. The van der Waals surface area contributed by atoms with Crippen LogP contribution >= 0.6 is 23.2 Å². The molecule has 0 fully saturated rings. The summed E-state index contributed by atoms with van der Waals surface area (Å²) in [6.07, 6.45) is 0. The maximum absolute atomic E-state index is 10.8. The SMILES string of the molecule is CN=Nc1cc(C(=O)Cl)ccc1Cl. The van der Waals surface area contributed by atoms with Gasteiger partial charge in [-0.3, -0.25) is 4.79 Å². The second-order valence-electron chi connectivity index (χ2n) is 2.24. The standard InChI is InChI=1S/C8H6Cl2N2O/c1-11-12-7-4-5(8(10)13)2-3-6(7)9/h2-4H,1H3. The summed E-state index contributed by atoms with van der Waals surface area (Å²) in [5, 5.41) is 7.18. The molecular formula is C8H6Cl2N2O. The van der Waals surface area contributed by atoms with E-state index in [1.165, 1.54) is 19.2 Å². The van der Waals surface area contributed by atoms with E-state index >= 15 is 0 Å². The lowest BCUT2D eigenvalue weighted by Gasteiger charge is -1.97. The number of hydrogen-bond acceptors (Lipinski definition) is 3. The molecule has 0 N–H and O–H groups in total. The van der Waals surface area contributed by atoms with E-state index in [0.29, 0.717) is 16.3 Å². The van der Waals surface area contributed by atoms with Crippen LogP contribution in [0.5, 0.6) is 0 Å². The van der Waals surface area contributed by atoms with Gasteiger partial charge in [0, 0.05) is 12.6 Å². The Morgan fingerprint density at radius 3 is 2.69 bits per heavy atom. The molecule has 0 heterocycles. The molecule has 5 heteroatoms. The molecule has 1 rings (SSSR count). The average Bonchev–Trinajstić information content (AvgIpc) is 2.08. The van der Waals surface area contributed by atoms with Crippen LogP contribution < -0.4 is 0 Å². The van der Waals surface area contributed by atoms with Crippen LogP contribution in [0.15, 0.2) is 28.4 Å². The molecule has 0 aliphatic rings. The van der Waals surface area contributed by atoms with Gasteiger partial charge in [0.1, 0.15) is 5.69 Å². The summed E-state index contributed by atoms with van der Waals surface area (Å²) in [6.45, 7) is 0. The van der Waals surface area contributed by atoms with Gasteiger partial charge in [0.05, 0.1) is 5.02 Å². The van der Waals surface area contributed by atoms with E-state index in [2.05, 4.69) is 10.2 Å². The maximum atomic E-state index is 10.8. The van der Waals surface area contributed by atoms with Crippen LogP contribution in [-0.2, 0) is 0 Å². The van der Waals surface area contributed by atoms with Crippen LogP contribution in [0, 0.1) is 0 Å². The second kappa shape index (κ2) is 4.35. The first-order valence-corrected chi connectivity index (χ1v) is 4.20. The lowest BCUT2D eigenvalue weighted by atomic mass is 10.2. The fourth-order valence-electron chi connectivity index (χ4n) is 0.819. The van der Waals surface area contributed by atoms with Gasteiger partial charge in [0.15, 0.2) is 0 Å². The van der Waals surface area contributed by atoms with Crippen molar-refractivity contribution in [1.29, 1.82) is 0 Å². The quantitative estimate of drug-likeness (QED) is 0.552. The Labute approximate surface area is 85.4 Å². The molecule has 3 nitrogen and oxygen atoms in total. The van der Waals surface area contributed by atoms with E-state index in [1.807, 2.05) is 0 Å². The molecule has 0 atom stereocenters. The number of halogens is 2. The number of azo groups is 1. The largest absolute Gasteiger partial charge is 0.276 e. The van der Waals surface area contributed by atoms with E-state index in [4.69, 9.17) is 23.2 Å². The van der Waals surface area contributed by atoms with Crippen molar-refractivity contribution in [3.8, 4) is 0 Å². The van der Waals surface area contributed by atoms with Gasteiger partial charge in [-0.15, -0.1) is 0 Å². The zero-order valence-electron chi connectivity index (χ0n) is 6.79. The van der Waals surface area contributed by atoms with Crippen molar-refractivity contribution < 1.29 is 4.79 Å². The van der Waals surface area contributed by atoms with Gasteiger partial charge in [-0.25, -0.2) is 0 Å². The van der Waals surface area contributed by atoms with Crippen molar-refractivity contribution in [3.05, 3.63) is 28.8 Å². The third-order valence-electron chi connectivity index (χ3n) is 1.38. The summed E-state index contributed by atoms with van der Waals surface area (Å²) in [5.74, 6) is 0. The van der Waals surface area contributed by atoms with Crippen molar-refractivity contribution >= 4 is 34.1 Å². The highest BCUT2D eigenvalue weighted by molar-refractivity contribution is 6.67. The van der Waals surface area contributed by atoms with Crippen LogP contribution in [0.1, 0.15) is 10.4 Å². The van der Waals surface area contributed by atoms with E-state index in [0.717, 1.165) is 0 Å². The Morgan fingerprint density at radius 2 is 2.15 bits per heavy atom. The minimum absolute atomic E-state index is 0.355. The Hall–Kier alpha value is -0.930. The van der Waals surface area contributed by atoms with Crippen LogP contribution in [0.4, 0.5) is 5.69 Å². The lowest BCUT2D eigenvalue weighted by molar-refractivity contribution is 0.108. The van der Waals surface area contributed by atoms with E-state index in [1.54, 1.807) is 6.07 Å². The third-order valence-corrected chi connectivity index (χ3v) is 1.92. The monoisotopic (exact) mass is 216 g/mol. The van der Waals surface area contributed by atoms with Crippen molar-refractivity contribution in [2.75, 3.05) is 7.05 Å². The number of nitrogens with zero attached hydrogens (tertiary/aromatic N) is 2. The zero-order chi connectivity index (χ0) is 9.84. The first-order valence-electron chi connectivity index (χ1n) is 3.44. The molecule has 0 aromatic heterocycles. The summed E-state index contributed by atoms with van der Waals surface area (Å²) >= 11 is 11.0. The van der Waals surface area contributed by atoms with Gasteiger partial charge in [0.2, 0.25) is 0 Å². The number of rotatable bonds is 2. The summed E-state index contributed by atoms with van der Waals surface area (Å²) in [6, 6.07) is 4.58. The number of carbonyl (C=O) groups is 1. The average molecular weight is 217 g/mol. The predicted molar refractivity (Wildman–Crippen MR) is 52.1 cm³/mol. The van der Waals surface area contributed by atoms with Crippen molar-refractivity contribution in [2.45, 2.75) is 0 Å². The highest BCUT2D eigenvalue weighted by atomic mass is 35.5. The minimum Gasteiger partial charge on any atom is -0.276 e. The Kier molecular flexibility index (Phi) is 3.39. The van der Waals surface area contributed by atoms with Crippen molar-refractivity contribution in [1.82, 2.24) is 0 Å². The van der Waals surface area contributed by atoms with Gasteiger partial charge >= 0.3 is 0 Å². The zero-order valence-corrected chi connectivity index (χ0v) is 8.30.